The third kappa shape index (κ3) is 3.81. The van der Waals surface area contributed by atoms with Gasteiger partial charge in [-0.2, -0.15) is 0 Å². The molecule has 0 bridgehead atoms. The number of likely N-dealkylation sites (N-methyl/N-ethyl adjacent to an activating group) is 1. The number of pyridine rings is 1. The highest BCUT2D eigenvalue weighted by Crippen LogP contribution is 2.21. The Balaban J connectivity index is 1.56. The van der Waals surface area contributed by atoms with E-state index in [1.807, 2.05) is 12.1 Å². The van der Waals surface area contributed by atoms with Gasteiger partial charge in [0, 0.05) is 57.0 Å². The lowest BCUT2D eigenvalue weighted by molar-refractivity contribution is 0.155. The maximum atomic E-state index is 5.78. The van der Waals surface area contributed by atoms with E-state index in [-0.39, 0.29) is 0 Å². The molecule has 21 heavy (non-hydrogen) atoms. The van der Waals surface area contributed by atoms with Gasteiger partial charge in [-0.05, 0) is 19.2 Å². The van der Waals surface area contributed by atoms with Gasteiger partial charge in [0.25, 0.3) is 0 Å². The molecule has 1 saturated heterocycles. The first-order valence-corrected chi connectivity index (χ1v) is 7.57. The Labute approximate surface area is 129 Å². The van der Waals surface area contributed by atoms with Crippen LogP contribution in [0.25, 0.3) is 11.3 Å². The van der Waals surface area contributed by atoms with Crippen molar-refractivity contribution in [1.82, 2.24) is 19.9 Å². The lowest BCUT2D eigenvalue weighted by atomic mass is 10.2. The number of aromatic nitrogens is 2. The highest BCUT2D eigenvalue weighted by atomic mass is 35.5. The van der Waals surface area contributed by atoms with Crippen molar-refractivity contribution in [3.8, 4) is 11.3 Å². The van der Waals surface area contributed by atoms with Crippen molar-refractivity contribution >= 4 is 11.6 Å². The first kappa shape index (κ1) is 14.5. The average Bonchev–Trinajstić information content (AvgIpc) is 2.96. The molecule has 0 N–H and O–H groups in total. The first-order chi connectivity index (χ1) is 10.2. The van der Waals surface area contributed by atoms with Crippen LogP contribution >= 0.6 is 11.6 Å². The van der Waals surface area contributed by atoms with Crippen LogP contribution in [-0.2, 0) is 6.42 Å². The maximum Gasteiger partial charge on any atom is 0.168 e. The van der Waals surface area contributed by atoms with Gasteiger partial charge < -0.3 is 14.3 Å². The topological polar surface area (TPSA) is 45.4 Å². The number of hydrogen-bond acceptors (Lipinski definition) is 5. The van der Waals surface area contributed by atoms with Gasteiger partial charge >= 0.3 is 0 Å². The van der Waals surface area contributed by atoms with Crippen molar-refractivity contribution in [2.45, 2.75) is 6.42 Å². The Hall–Kier alpha value is -1.43. The first-order valence-electron chi connectivity index (χ1n) is 7.19. The summed E-state index contributed by atoms with van der Waals surface area (Å²) in [4.78, 5) is 8.89. The number of hydrogen-bond donors (Lipinski definition) is 0. The summed E-state index contributed by atoms with van der Waals surface area (Å²) >= 11 is 5.78. The molecule has 1 aliphatic heterocycles. The van der Waals surface area contributed by atoms with Crippen LogP contribution in [0.1, 0.15) is 5.69 Å². The van der Waals surface area contributed by atoms with Gasteiger partial charge in [-0.25, -0.2) is 4.98 Å². The molecule has 0 aromatic carbocycles. The van der Waals surface area contributed by atoms with Crippen LogP contribution in [0.5, 0.6) is 0 Å². The summed E-state index contributed by atoms with van der Waals surface area (Å²) in [5.41, 5.74) is 1.89. The molecule has 0 unspecified atom stereocenters. The minimum Gasteiger partial charge on any atom is -0.356 e. The SMILES string of the molecule is CN1CCN(CCc2cc(-c3ccc(Cl)nc3)on2)CC1. The monoisotopic (exact) mass is 306 g/mol. The van der Waals surface area contributed by atoms with E-state index in [1.165, 1.54) is 0 Å². The molecule has 2 aromatic rings. The lowest BCUT2D eigenvalue weighted by Crippen LogP contribution is -2.45. The maximum absolute atomic E-state index is 5.78. The van der Waals surface area contributed by atoms with Crippen LogP contribution in [-0.4, -0.2) is 59.7 Å². The molecule has 3 rings (SSSR count). The molecule has 0 aliphatic carbocycles. The molecule has 2 aromatic heterocycles. The van der Waals surface area contributed by atoms with Gasteiger partial charge in [0.1, 0.15) is 5.15 Å². The van der Waals surface area contributed by atoms with Crippen LogP contribution in [0.3, 0.4) is 0 Å². The largest absolute Gasteiger partial charge is 0.356 e. The molecule has 1 fully saturated rings. The van der Waals surface area contributed by atoms with Crippen molar-refractivity contribution in [1.29, 1.82) is 0 Å². The van der Waals surface area contributed by atoms with Gasteiger partial charge in [-0.1, -0.05) is 16.8 Å². The summed E-state index contributed by atoms with van der Waals surface area (Å²) in [6.07, 6.45) is 2.61. The highest BCUT2D eigenvalue weighted by molar-refractivity contribution is 6.29. The summed E-state index contributed by atoms with van der Waals surface area (Å²) < 4.78 is 5.39. The Bertz CT molecular complexity index is 576. The minimum absolute atomic E-state index is 0.480. The van der Waals surface area contributed by atoms with Gasteiger partial charge in [-0.3, -0.25) is 0 Å². The molecule has 0 atom stereocenters. The Morgan fingerprint density at radius 1 is 1.24 bits per heavy atom. The van der Waals surface area contributed by atoms with Crippen LogP contribution in [0, 0.1) is 0 Å². The van der Waals surface area contributed by atoms with Crippen LogP contribution < -0.4 is 0 Å². The Kier molecular flexibility index (Phi) is 4.53. The molecule has 3 heterocycles. The number of halogens is 1. The molecule has 0 radical (unpaired) electrons. The molecule has 6 heteroatoms. The van der Waals surface area contributed by atoms with E-state index in [0.29, 0.717) is 5.15 Å². The predicted molar refractivity (Wildman–Crippen MR) is 82.4 cm³/mol. The van der Waals surface area contributed by atoms with Crippen LogP contribution in [0.15, 0.2) is 28.9 Å². The third-order valence-corrected chi connectivity index (χ3v) is 4.07. The van der Waals surface area contributed by atoms with Crippen LogP contribution in [0.2, 0.25) is 5.15 Å². The van der Waals surface area contributed by atoms with E-state index in [2.05, 4.69) is 27.0 Å². The van der Waals surface area contributed by atoms with Gasteiger partial charge in [0.15, 0.2) is 5.76 Å². The fourth-order valence-corrected chi connectivity index (χ4v) is 2.54. The van der Waals surface area contributed by atoms with Gasteiger partial charge in [0.05, 0.1) is 5.69 Å². The molecular weight excluding hydrogens is 288 g/mol. The fourth-order valence-electron chi connectivity index (χ4n) is 2.43. The number of nitrogens with zero attached hydrogens (tertiary/aromatic N) is 4. The zero-order chi connectivity index (χ0) is 14.7. The molecule has 112 valence electrons. The highest BCUT2D eigenvalue weighted by Gasteiger charge is 2.14. The summed E-state index contributed by atoms with van der Waals surface area (Å²) in [6.45, 7) is 5.56. The smallest absolute Gasteiger partial charge is 0.168 e. The Morgan fingerprint density at radius 3 is 2.76 bits per heavy atom. The van der Waals surface area contributed by atoms with E-state index in [0.717, 1.165) is 56.2 Å². The minimum atomic E-state index is 0.480. The molecule has 0 spiro atoms. The van der Waals surface area contributed by atoms with Crippen LogP contribution in [0.4, 0.5) is 0 Å². The van der Waals surface area contributed by atoms with Gasteiger partial charge in [-0.15, -0.1) is 0 Å². The van der Waals surface area contributed by atoms with Crippen molar-refractivity contribution in [2.24, 2.45) is 0 Å². The second-order valence-corrected chi connectivity index (χ2v) is 5.83. The predicted octanol–water partition coefficient (Wildman–Crippen LogP) is 2.18. The van der Waals surface area contributed by atoms with Crippen molar-refractivity contribution < 1.29 is 4.52 Å². The molecule has 5 nitrogen and oxygen atoms in total. The molecule has 1 aliphatic rings. The number of rotatable bonds is 4. The zero-order valence-electron chi connectivity index (χ0n) is 12.1. The van der Waals surface area contributed by atoms with E-state index < -0.39 is 0 Å². The van der Waals surface area contributed by atoms with E-state index in [1.54, 1.807) is 12.3 Å². The standard InChI is InChI=1S/C15H19ClN4O/c1-19-6-8-20(9-7-19)5-4-13-10-14(21-18-13)12-2-3-15(16)17-11-12/h2-3,10-11H,4-9H2,1H3. The Morgan fingerprint density at radius 2 is 2.05 bits per heavy atom. The third-order valence-electron chi connectivity index (χ3n) is 3.85. The van der Waals surface area contributed by atoms with Crippen molar-refractivity contribution in [2.75, 3.05) is 39.8 Å². The second-order valence-electron chi connectivity index (χ2n) is 5.45. The zero-order valence-corrected chi connectivity index (χ0v) is 12.9. The quantitative estimate of drug-likeness (QED) is 0.810. The molecule has 0 saturated carbocycles. The molecular formula is C15H19ClN4O. The van der Waals surface area contributed by atoms with Crippen molar-refractivity contribution in [3.63, 3.8) is 0 Å². The fraction of sp³-hybridized carbons (Fsp3) is 0.467. The number of piperazine rings is 1. The van der Waals surface area contributed by atoms with Crippen molar-refractivity contribution in [3.05, 3.63) is 35.2 Å². The summed E-state index contributed by atoms with van der Waals surface area (Å²) in [7, 11) is 2.17. The lowest BCUT2D eigenvalue weighted by Gasteiger charge is -2.32. The summed E-state index contributed by atoms with van der Waals surface area (Å²) in [5, 5.41) is 4.62. The van der Waals surface area contributed by atoms with Gasteiger partial charge in [0.2, 0.25) is 0 Å². The summed E-state index contributed by atoms with van der Waals surface area (Å²) in [6, 6.07) is 5.63. The summed E-state index contributed by atoms with van der Waals surface area (Å²) in [5.74, 6) is 0.743. The van der Waals surface area contributed by atoms with E-state index in [9.17, 15) is 0 Å². The molecule has 0 amide bonds. The van der Waals surface area contributed by atoms with E-state index >= 15 is 0 Å². The average molecular weight is 307 g/mol. The van der Waals surface area contributed by atoms with E-state index in [4.69, 9.17) is 16.1 Å². The second kappa shape index (κ2) is 6.56. The normalized spacial score (nSPS) is 17.2.